The standard InChI is InChI=1S/C14H16N2O2S/c1-9-5-12(11(7-15)10(2)16-9)19-8-14(3-4-14)6-13(17)18/h5H,3-4,6,8H2,1-2H3,(H,17,18). The van der Waals surface area contributed by atoms with Gasteiger partial charge in [-0.25, -0.2) is 0 Å². The van der Waals surface area contributed by atoms with Gasteiger partial charge >= 0.3 is 5.97 Å². The Labute approximate surface area is 116 Å². The molecule has 1 aliphatic carbocycles. The second kappa shape index (κ2) is 5.22. The molecule has 0 atom stereocenters. The van der Waals surface area contributed by atoms with Crippen LogP contribution in [0.4, 0.5) is 0 Å². The van der Waals surface area contributed by atoms with Crippen molar-refractivity contribution in [3.8, 4) is 6.07 Å². The van der Waals surface area contributed by atoms with Crippen LogP contribution in [0.5, 0.6) is 0 Å². The number of aryl methyl sites for hydroxylation is 2. The fourth-order valence-corrected chi connectivity index (χ4v) is 3.59. The molecule has 2 rings (SSSR count). The smallest absolute Gasteiger partial charge is 0.303 e. The summed E-state index contributed by atoms with van der Waals surface area (Å²) in [5.41, 5.74) is 2.19. The van der Waals surface area contributed by atoms with E-state index in [0.717, 1.165) is 34.9 Å². The minimum Gasteiger partial charge on any atom is -0.481 e. The van der Waals surface area contributed by atoms with Crippen LogP contribution in [0.25, 0.3) is 0 Å². The number of hydrogen-bond donors (Lipinski definition) is 1. The highest BCUT2D eigenvalue weighted by molar-refractivity contribution is 7.99. The van der Waals surface area contributed by atoms with Crippen molar-refractivity contribution in [1.29, 1.82) is 5.26 Å². The maximum Gasteiger partial charge on any atom is 0.303 e. The monoisotopic (exact) mass is 276 g/mol. The molecule has 1 saturated carbocycles. The molecule has 0 bridgehead atoms. The van der Waals surface area contributed by atoms with Crippen molar-refractivity contribution in [2.45, 2.75) is 38.0 Å². The van der Waals surface area contributed by atoms with Gasteiger partial charge in [0.25, 0.3) is 0 Å². The third kappa shape index (κ3) is 3.27. The number of carboxylic acid groups (broad SMARTS) is 1. The summed E-state index contributed by atoms with van der Waals surface area (Å²) < 4.78 is 0. The molecule has 100 valence electrons. The molecule has 1 N–H and O–H groups in total. The minimum absolute atomic E-state index is 0.0612. The van der Waals surface area contributed by atoms with Crippen molar-refractivity contribution in [2.75, 3.05) is 5.75 Å². The van der Waals surface area contributed by atoms with Gasteiger partial charge in [-0.3, -0.25) is 9.78 Å². The fourth-order valence-electron chi connectivity index (χ4n) is 2.14. The molecule has 0 radical (unpaired) electrons. The lowest BCUT2D eigenvalue weighted by Gasteiger charge is -2.13. The van der Waals surface area contributed by atoms with E-state index in [1.54, 1.807) is 11.8 Å². The van der Waals surface area contributed by atoms with E-state index < -0.39 is 5.97 Å². The molecule has 1 fully saturated rings. The van der Waals surface area contributed by atoms with Crippen LogP contribution in [0.15, 0.2) is 11.0 Å². The van der Waals surface area contributed by atoms with E-state index in [4.69, 9.17) is 5.11 Å². The van der Waals surface area contributed by atoms with Crippen molar-refractivity contribution in [3.05, 3.63) is 23.0 Å². The Morgan fingerprint density at radius 2 is 2.26 bits per heavy atom. The largest absolute Gasteiger partial charge is 0.481 e. The van der Waals surface area contributed by atoms with Crippen LogP contribution in [-0.4, -0.2) is 21.8 Å². The van der Waals surface area contributed by atoms with Gasteiger partial charge in [-0.15, -0.1) is 11.8 Å². The number of nitriles is 1. The van der Waals surface area contributed by atoms with Crippen LogP contribution in [0.2, 0.25) is 0 Å². The molecule has 0 unspecified atom stereocenters. The first-order chi connectivity index (χ1) is 8.96. The molecule has 1 heterocycles. The first kappa shape index (κ1) is 13.9. The van der Waals surface area contributed by atoms with Gasteiger partial charge in [0.15, 0.2) is 0 Å². The van der Waals surface area contributed by atoms with Crippen molar-refractivity contribution in [1.82, 2.24) is 4.98 Å². The SMILES string of the molecule is Cc1cc(SCC2(CC(=O)O)CC2)c(C#N)c(C)n1. The number of thioether (sulfide) groups is 1. The van der Waals surface area contributed by atoms with Crippen LogP contribution >= 0.6 is 11.8 Å². The van der Waals surface area contributed by atoms with Gasteiger partial charge in [0.1, 0.15) is 6.07 Å². The van der Waals surface area contributed by atoms with Gasteiger partial charge in [-0.2, -0.15) is 5.26 Å². The summed E-state index contributed by atoms with van der Waals surface area (Å²) in [6.45, 7) is 3.74. The zero-order valence-corrected chi connectivity index (χ0v) is 11.9. The minimum atomic E-state index is -0.735. The summed E-state index contributed by atoms with van der Waals surface area (Å²) in [5, 5.41) is 18.1. The van der Waals surface area contributed by atoms with Gasteiger partial charge in [0.2, 0.25) is 0 Å². The Hall–Kier alpha value is -1.54. The van der Waals surface area contributed by atoms with E-state index in [-0.39, 0.29) is 11.8 Å². The lowest BCUT2D eigenvalue weighted by molar-refractivity contribution is -0.138. The summed E-state index contributed by atoms with van der Waals surface area (Å²) in [6, 6.07) is 4.10. The number of rotatable bonds is 5. The van der Waals surface area contributed by atoms with Crippen LogP contribution in [0.3, 0.4) is 0 Å². The van der Waals surface area contributed by atoms with E-state index in [1.807, 2.05) is 19.9 Å². The quantitative estimate of drug-likeness (QED) is 0.837. The number of nitrogens with zero attached hydrogens (tertiary/aromatic N) is 2. The summed E-state index contributed by atoms with van der Waals surface area (Å²) >= 11 is 1.59. The van der Waals surface area contributed by atoms with Crippen LogP contribution in [0.1, 0.15) is 36.2 Å². The molecule has 1 aliphatic rings. The predicted molar refractivity (Wildman–Crippen MR) is 73.1 cm³/mol. The zero-order valence-electron chi connectivity index (χ0n) is 11.1. The number of aliphatic carboxylic acids is 1. The number of carboxylic acids is 1. The molecular formula is C14H16N2O2S. The van der Waals surface area contributed by atoms with Crippen LogP contribution < -0.4 is 0 Å². The van der Waals surface area contributed by atoms with Gasteiger partial charge in [0, 0.05) is 16.3 Å². The summed E-state index contributed by atoms with van der Waals surface area (Å²) in [5.74, 6) is 0.0253. The Kier molecular flexibility index (Phi) is 3.81. The van der Waals surface area contributed by atoms with Gasteiger partial charge < -0.3 is 5.11 Å². The molecule has 19 heavy (non-hydrogen) atoms. The molecule has 0 aromatic carbocycles. The Bertz CT molecular complexity index is 559. The van der Waals surface area contributed by atoms with Crippen molar-refractivity contribution < 1.29 is 9.90 Å². The van der Waals surface area contributed by atoms with Crippen molar-refractivity contribution in [3.63, 3.8) is 0 Å². The Morgan fingerprint density at radius 1 is 1.58 bits per heavy atom. The predicted octanol–water partition coefficient (Wildman–Crippen LogP) is 2.92. The molecular weight excluding hydrogens is 260 g/mol. The molecule has 0 saturated heterocycles. The zero-order chi connectivity index (χ0) is 14.0. The van der Waals surface area contributed by atoms with E-state index in [1.165, 1.54) is 0 Å². The highest BCUT2D eigenvalue weighted by atomic mass is 32.2. The van der Waals surface area contributed by atoms with Crippen LogP contribution in [-0.2, 0) is 4.79 Å². The number of hydrogen-bond acceptors (Lipinski definition) is 4. The molecule has 1 aromatic heterocycles. The maximum absolute atomic E-state index is 10.8. The van der Waals surface area contributed by atoms with Gasteiger partial charge in [-0.1, -0.05) is 0 Å². The maximum atomic E-state index is 10.8. The van der Waals surface area contributed by atoms with Crippen molar-refractivity contribution in [2.24, 2.45) is 5.41 Å². The van der Waals surface area contributed by atoms with E-state index >= 15 is 0 Å². The average molecular weight is 276 g/mol. The highest BCUT2D eigenvalue weighted by Gasteiger charge is 2.44. The highest BCUT2D eigenvalue weighted by Crippen LogP contribution is 2.52. The summed E-state index contributed by atoms with van der Waals surface area (Å²) in [7, 11) is 0. The third-order valence-corrected chi connectivity index (χ3v) is 4.81. The van der Waals surface area contributed by atoms with Gasteiger partial charge in [-0.05, 0) is 38.2 Å². The van der Waals surface area contributed by atoms with Crippen LogP contribution in [0, 0.1) is 30.6 Å². The number of pyridine rings is 1. The molecule has 0 spiro atoms. The van der Waals surface area contributed by atoms with Gasteiger partial charge in [0.05, 0.1) is 17.7 Å². The molecule has 0 aliphatic heterocycles. The second-order valence-electron chi connectivity index (χ2n) is 5.19. The summed E-state index contributed by atoms with van der Waals surface area (Å²) in [4.78, 5) is 16.0. The molecule has 4 nitrogen and oxygen atoms in total. The Balaban J connectivity index is 2.12. The lowest BCUT2D eigenvalue weighted by Crippen LogP contribution is -2.11. The number of aromatic nitrogens is 1. The summed E-state index contributed by atoms with van der Waals surface area (Å²) in [6.07, 6.45) is 2.17. The lowest BCUT2D eigenvalue weighted by atomic mass is 10.1. The van der Waals surface area contributed by atoms with E-state index in [9.17, 15) is 10.1 Å². The first-order valence-electron chi connectivity index (χ1n) is 6.19. The molecule has 0 amide bonds. The molecule has 1 aromatic rings. The molecule has 5 heteroatoms. The fraction of sp³-hybridized carbons (Fsp3) is 0.500. The average Bonchev–Trinajstić information content (AvgIpc) is 3.05. The normalized spacial score (nSPS) is 15.8. The van der Waals surface area contributed by atoms with E-state index in [0.29, 0.717) is 5.56 Å². The third-order valence-electron chi connectivity index (χ3n) is 3.42. The van der Waals surface area contributed by atoms with Crippen molar-refractivity contribution >= 4 is 17.7 Å². The number of carbonyl (C=O) groups is 1. The second-order valence-corrected chi connectivity index (χ2v) is 6.21. The topological polar surface area (TPSA) is 74.0 Å². The van der Waals surface area contributed by atoms with E-state index in [2.05, 4.69) is 11.1 Å². The first-order valence-corrected chi connectivity index (χ1v) is 7.17. The Morgan fingerprint density at radius 3 is 2.79 bits per heavy atom.